The third-order valence-corrected chi connectivity index (χ3v) is 4.72. The van der Waals surface area contributed by atoms with E-state index in [1.54, 1.807) is 0 Å². The summed E-state index contributed by atoms with van der Waals surface area (Å²) in [7, 11) is -0.812. The first-order valence-electron chi connectivity index (χ1n) is 9.55. The van der Waals surface area contributed by atoms with Gasteiger partial charge in [0.25, 0.3) is 0 Å². The van der Waals surface area contributed by atoms with Crippen molar-refractivity contribution in [3.05, 3.63) is 24.3 Å². The minimum absolute atomic E-state index is 0.389. The van der Waals surface area contributed by atoms with Crippen LogP contribution in [0.15, 0.2) is 24.3 Å². The molecule has 3 rings (SSSR count). The van der Waals surface area contributed by atoms with E-state index in [0.29, 0.717) is 12.2 Å². The molecule has 5 nitrogen and oxygen atoms in total. The monoisotopic (exact) mass is 348 g/mol. The van der Waals surface area contributed by atoms with Crippen molar-refractivity contribution in [3.8, 4) is 11.5 Å². The zero-order valence-electron chi connectivity index (χ0n) is 15.1. The van der Waals surface area contributed by atoms with E-state index in [4.69, 9.17) is 19.5 Å². The van der Waals surface area contributed by atoms with Gasteiger partial charge in [-0.2, -0.15) is 0 Å². The van der Waals surface area contributed by atoms with Gasteiger partial charge >= 0.3 is 15.4 Å². The Hall–Kier alpha value is -1.17. The Bertz CT molecular complexity index is 422. The van der Waals surface area contributed by atoms with Gasteiger partial charge in [0.05, 0.1) is 12.2 Å². The SMILES string of the molecule is OBOBO.c1ccc(OC2CCCCC2)c(OC2CCCCC2)c1. The Kier molecular flexibility index (Phi) is 9.85. The third kappa shape index (κ3) is 7.72. The highest BCUT2D eigenvalue weighted by Crippen LogP contribution is 2.33. The first kappa shape index (κ1) is 20.1. The fourth-order valence-electron chi connectivity index (χ4n) is 3.41. The third-order valence-electron chi connectivity index (χ3n) is 4.72. The summed E-state index contributed by atoms with van der Waals surface area (Å²) in [5.41, 5.74) is 0. The summed E-state index contributed by atoms with van der Waals surface area (Å²) in [5.74, 6) is 1.90. The van der Waals surface area contributed by atoms with Gasteiger partial charge in [-0.1, -0.05) is 25.0 Å². The predicted octanol–water partition coefficient (Wildman–Crippen LogP) is 2.63. The van der Waals surface area contributed by atoms with Crippen LogP contribution in [0.3, 0.4) is 0 Å². The normalized spacial score (nSPS) is 18.6. The van der Waals surface area contributed by atoms with Gasteiger partial charge in [0.15, 0.2) is 11.5 Å². The van der Waals surface area contributed by atoms with E-state index in [1.807, 2.05) is 12.1 Å². The van der Waals surface area contributed by atoms with Gasteiger partial charge in [-0.3, -0.25) is 0 Å². The molecule has 2 fully saturated rings. The van der Waals surface area contributed by atoms with Crippen molar-refractivity contribution in [2.45, 2.75) is 76.4 Å². The van der Waals surface area contributed by atoms with Crippen LogP contribution >= 0.6 is 0 Å². The molecule has 0 saturated heterocycles. The molecule has 1 aromatic carbocycles. The average molecular weight is 348 g/mol. The van der Waals surface area contributed by atoms with Crippen LogP contribution in [-0.4, -0.2) is 37.6 Å². The van der Waals surface area contributed by atoms with Crippen LogP contribution in [0.2, 0.25) is 0 Å². The lowest BCUT2D eigenvalue weighted by molar-refractivity contribution is 0.123. The van der Waals surface area contributed by atoms with Crippen molar-refractivity contribution in [2.24, 2.45) is 0 Å². The second-order valence-corrected chi connectivity index (χ2v) is 6.66. The molecule has 25 heavy (non-hydrogen) atoms. The van der Waals surface area contributed by atoms with Crippen LogP contribution in [0.4, 0.5) is 0 Å². The first-order valence-corrected chi connectivity index (χ1v) is 9.55. The molecule has 1 aromatic rings. The van der Waals surface area contributed by atoms with E-state index < -0.39 is 15.4 Å². The number of hydrogen-bond donors (Lipinski definition) is 2. The van der Waals surface area contributed by atoms with Gasteiger partial charge < -0.3 is 24.1 Å². The molecule has 0 spiro atoms. The molecule has 2 aliphatic carbocycles. The smallest absolute Gasteiger partial charge is 0.421 e. The van der Waals surface area contributed by atoms with E-state index in [-0.39, 0.29) is 0 Å². The van der Waals surface area contributed by atoms with Crippen molar-refractivity contribution in [3.63, 3.8) is 0 Å². The largest absolute Gasteiger partial charge is 0.487 e. The van der Waals surface area contributed by atoms with E-state index in [9.17, 15) is 0 Å². The zero-order valence-corrected chi connectivity index (χ0v) is 15.1. The van der Waals surface area contributed by atoms with Crippen LogP contribution in [-0.2, 0) is 4.57 Å². The number of para-hydroxylation sites is 2. The minimum Gasteiger partial charge on any atom is -0.487 e. The highest BCUT2D eigenvalue weighted by molar-refractivity contribution is 6.32. The van der Waals surface area contributed by atoms with Crippen LogP contribution in [0.1, 0.15) is 64.2 Å². The molecule has 138 valence electrons. The van der Waals surface area contributed by atoms with E-state index in [0.717, 1.165) is 11.5 Å². The lowest BCUT2D eigenvalue weighted by atomic mass is 9.97. The van der Waals surface area contributed by atoms with Gasteiger partial charge in [-0.25, -0.2) is 0 Å². The molecule has 2 N–H and O–H groups in total. The summed E-state index contributed by atoms with van der Waals surface area (Å²) < 4.78 is 16.4. The Labute approximate surface area is 152 Å². The van der Waals surface area contributed by atoms with Crippen LogP contribution in [0.5, 0.6) is 11.5 Å². The van der Waals surface area contributed by atoms with Crippen LogP contribution in [0.25, 0.3) is 0 Å². The second-order valence-electron chi connectivity index (χ2n) is 6.66. The fraction of sp³-hybridized carbons (Fsp3) is 0.667. The highest BCUT2D eigenvalue weighted by Gasteiger charge is 2.19. The van der Waals surface area contributed by atoms with E-state index in [2.05, 4.69) is 16.7 Å². The lowest BCUT2D eigenvalue weighted by Crippen LogP contribution is -2.22. The summed E-state index contributed by atoms with van der Waals surface area (Å²) in [4.78, 5) is 0. The zero-order chi connectivity index (χ0) is 17.7. The van der Waals surface area contributed by atoms with Gasteiger partial charge in [0, 0.05) is 0 Å². The van der Waals surface area contributed by atoms with Crippen molar-refractivity contribution in [1.82, 2.24) is 0 Å². The molecular weight excluding hydrogens is 318 g/mol. The molecule has 0 bridgehead atoms. The number of ether oxygens (including phenoxy) is 2. The molecule has 0 unspecified atom stereocenters. The molecule has 2 aliphatic rings. The molecule has 0 aromatic heterocycles. The highest BCUT2D eigenvalue weighted by atomic mass is 16.5. The van der Waals surface area contributed by atoms with Gasteiger partial charge in [0.1, 0.15) is 0 Å². The maximum absolute atomic E-state index is 7.68. The molecule has 7 heteroatoms. The molecule has 0 radical (unpaired) electrons. The quantitative estimate of drug-likeness (QED) is 0.774. The van der Waals surface area contributed by atoms with Gasteiger partial charge in [-0.15, -0.1) is 0 Å². The summed E-state index contributed by atoms with van der Waals surface area (Å²) in [6.07, 6.45) is 13.5. The van der Waals surface area contributed by atoms with Crippen LogP contribution < -0.4 is 9.47 Å². The molecule has 0 heterocycles. The van der Waals surface area contributed by atoms with E-state index in [1.165, 1.54) is 64.2 Å². The van der Waals surface area contributed by atoms with Crippen molar-refractivity contribution in [2.75, 3.05) is 0 Å². The summed E-state index contributed by atoms with van der Waals surface area (Å²) in [5, 5.41) is 15.4. The van der Waals surface area contributed by atoms with Crippen molar-refractivity contribution in [1.29, 1.82) is 0 Å². The second kappa shape index (κ2) is 12.2. The molecule has 2 saturated carbocycles. The molecular formula is C18H30B2O5. The summed E-state index contributed by atoms with van der Waals surface area (Å²) in [6.45, 7) is 0. The summed E-state index contributed by atoms with van der Waals surface area (Å²) >= 11 is 0. The van der Waals surface area contributed by atoms with E-state index >= 15 is 0 Å². The Morgan fingerprint density at radius 2 is 1.08 bits per heavy atom. The Morgan fingerprint density at radius 1 is 0.680 bits per heavy atom. The lowest BCUT2D eigenvalue weighted by Gasteiger charge is -2.27. The standard InChI is InChI=1S/C18H26O2.B2H4O3/c1-3-9-15(10-4-1)19-17-13-7-8-14-18(17)20-16-11-5-2-6-12-16;3-1-5-2-4/h7-8,13-16H,1-6,9-12H2;1-4H. The van der Waals surface area contributed by atoms with Crippen molar-refractivity contribution < 1.29 is 24.1 Å². The minimum atomic E-state index is -0.406. The summed E-state index contributed by atoms with van der Waals surface area (Å²) in [6, 6.07) is 8.22. The van der Waals surface area contributed by atoms with Crippen molar-refractivity contribution >= 4 is 15.4 Å². The maximum atomic E-state index is 7.68. The molecule has 0 atom stereocenters. The van der Waals surface area contributed by atoms with Gasteiger partial charge in [-0.05, 0) is 63.5 Å². The Balaban J connectivity index is 0.000000399. The molecule has 0 aliphatic heterocycles. The fourth-order valence-corrected chi connectivity index (χ4v) is 3.41. The topological polar surface area (TPSA) is 68.2 Å². The molecule has 0 amide bonds. The van der Waals surface area contributed by atoms with Crippen LogP contribution in [0, 0.1) is 0 Å². The average Bonchev–Trinajstić information content (AvgIpc) is 2.66. The predicted molar refractivity (Wildman–Crippen MR) is 101 cm³/mol. The maximum Gasteiger partial charge on any atom is 0.421 e. The number of rotatable bonds is 6. The first-order chi connectivity index (χ1) is 12.3. The number of benzene rings is 1. The Morgan fingerprint density at radius 3 is 1.40 bits per heavy atom. The van der Waals surface area contributed by atoms with Gasteiger partial charge in [0.2, 0.25) is 0 Å². The number of hydrogen-bond acceptors (Lipinski definition) is 5.